The zero-order valence-electron chi connectivity index (χ0n) is 10.5. The van der Waals surface area contributed by atoms with E-state index in [1.807, 2.05) is 0 Å². The van der Waals surface area contributed by atoms with Gasteiger partial charge in [0, 0.05) is 0 Å². The van der Waals surface area contributed by atoms with E-state index < -0.39 is 0 Å². The first kappa shape index (κ1) is 13.0. The topological polar surface area (TPSA) is 0 Å². The van der Waals surface area contributed by atoms with Gasteiger partial charge in [0.2, 0.25) is 0 Å². The van der Waals surface area contributed by atoms with Gasteiger partial charge in [-0.3, -0.25) is 0 Å². The highest BCUT2D eigenvalue weighted by atomic mass is 14.2. The van der Waals surface area contributed by atoms with Gasteiger partial charge in [0.1, 0.15) is 0 Å². The van der Waals surface area contributed by atoms with Gasteiger partial charge in [0.25, 0.3) is 0 Å². The predicted octanol–water partition coefficient (Wildman–Crippen LogP) is 4.89. The number of hydrogen-bond donors (Lipinski definition) is 0. The lowest BCUT2D eigenvalue weighted by Gasteiger charge is -2.23. The second-order valence-electron chi connectivity index (χ2n) is 6.19. The molecule has 0 saturated carbocycles. The minimum absolute atomic E-state index is 0.511. The van der Waals surface area contributed by atoms with Crippen LogP contribution in [0.1, 0.15) is 67.2 Å². The Kier molecular flexibility index (Phi) is 5.67. The monoisotopic (exact) mass is 184 g/mol. The summed E-state index contributed by atoms with van der Waals surface area (Å²) in [4.78, 5) is 0. The molecule has 0 heterocycles. The molecule has 0 aliphatic heterocycles. The van der Waals surface area contributed by atoms with E-state index in [9.17, 15) is 0 Å². The molecule has 0 amide bonds. The molecule has 0 nitrogen and oxygen atoms in total. The fourth-order valence-corrected chi connectivity index (χ4v) is 2.02. The summed E-state index contributed by atoms with van der Waals surface area (Å²) in [5.41, 5.74) is 0.511. The summed E-state index contributed by atoms with van der Waals surface area (Å²) in [5, 5.41) is 0. The standard InChI is InChI=1S/C13H28/c1-11(2)8-7-9-12(3)10-13(4,5)6/h11-12H,7-10H2,1-6H3. The van der Waals surface area contributed by atoms with Crippen molar-refractivity contribution in [1.29, 1.82) is 0 Å². The Morgan fingerprint density at radius 3 is 1.85 bits per heavy atom. The molecule has 0 aromatic carbocycles. The molecule has 80 valence electrons. The first-order chi connectivity index (χ1) is 5.81. The quantitative estimate of drug-likeness (QED) is 0.571. The van der Waals surface area contributed by atoms with E-state index >= 15 is 0 Å². The Hall–Kier alpha value is 0. The Morgan fingerprint density at radius 2 is 1.46 bits per heavy atom. The van der Waals surface area contributed by atoms with Crippen LogP contribution in [-0.4, -0.2) is 0 Å². The lowest BCUT2D eigenvalue weighted by molar-refractivity contribution is 0.289. The van der Waals surface area contributed by atoms with Crippen molar-refractivity contribution in [3.05, 3.63) is 0 Å². The summed E-state index contributed by atoms with van der Waals surface area (Å²) < 4.78 is 0. The van der Waals surface area contributed by atoms with Gasteiger partial charge >= 0.3 is 0 Å². The summed E-state index contributed by atoms with van der Waals surface area (Å²) in [6.07, 6.45) is 5.59. The Morgan fingerprint density at radius 1 is 0.923 bits per heavy atom. The maximum absolute atomic E-state index is 2.39. The van der Waals surface area contributed by atoms with Crippen molar-refractivity contribution in [3.63, 3.8) is 0 Å². The highest BCUT2D eigenvalue weighted by molar-refractivity contribution is 4.66. The van der Waals surface area contributed by atoms with E-state index in [1.54, 1.807) is 0 Å². The van der Waals surface area contributed by atoms with Crippen molar-refractivity contribution >= 4 is 0 Å². The van der Waals surface area contributed by atoms with Crippen LogP contribution in [0, 0.1) is 17.3 Å². The predicted molar refractivity (Wildman–Crippen MR) is 61.9 cm³/mol. The number of hydrogen-bond acceptors (Lipinski definition) is 0. The minimum Gasteiger partial charge on any atom is -0.0628 e. The van der Waals surface area contributed by atoms with Gasteiger partial charge in [-0.05, 0) is 23.7 Å². The number of rotatable bonds is 5. The van der Waals surface area contributed by atoms with Crippen LogP contribution in [0.4, 0.5) is 0 Å². The molecular weight excluding hydrogens is 156 g/mol. The average Bonchev–Trinajstić information content (AvgIpc) is 1.81. The van der Waals surface area contributed by atoms with Gasteiger partial charge in [-0.25, -0.2) is 0 Å². The molecule has 0 aliphatic carbocycles. The van der Waals surface area contributed by atoms with Crippen LogP contribution in [-0.2, 0) is 0 Å². The molecular formula is C13H28. The summed E-state index contributed by atoms with van der Waals surface area (Å²) in [6.45, 7) is 14.0. The normalized spacial score (nSPS) is 15.0. The van der Waals surface area contributed by atoms with Crippen LogP contribution in [0.25, 0.3) is 0 Å². The fraction of sp³-hybridized carbons (Fsp3) is 1.00. The lowest BCUT2D eigenvalue weighted by Crippen LogP contribution is -2.11. The van der Waals surface area contributed by atoms with E-state index in [0.717, 1.165) is 11.8 Å². The van der Waals surface area contributed by atoms with E-state index in [4.69, 9.17) is 0 Å². The fourth-order valence-electron chi connectivity index (χ4n) is 2.02. The van der Waals surface area contributed by atoms with Gasteiger partial charge in [-0.15, -0.1) is 0 Å². The molecule has 0 heteroatoms. The first-order valence-corrected chi connectivity index (χ1v) is 5.81. The zero-order valence-corrected chi connectivity index (χ0v) is 10.5. The van der Waals surface area contributed by atoms with Crippen molar-refractivity contribution in [2.24, 2.45) is 17.3 Å². The summed E-state index contributed by atoms with van der Waals surface area (Å²) in [5.74, 6) is 1.78. The second kappa shape index (κ2) is 5.67. The van der Waals surface area contributed by atoms with Crippen LogP contribution in [0.5, 0.6) is 0 Å². The Balaban J connectivity index is 3.46. The van der Waals surface area contributed by atoms with E-state index in [0.29, 0.717) is 5.41 Å². The van der Waals surface area contributed by atoms with Gasteiger partial charge in [-0.1, -0.05) is 60.8 Å². The van der Waals surface area contributed by atoms with Crippen molar-refractivity contribution in [1.82, 2.24) is 0 Å². The summed E-state index contributed by atoms with van der Waals surface area (Å²) in [6, 6.07) is 0. The third-order valence-corrected chi connectivity index (χ3v) is 2.44. The maximum Gasteiger partial charge on any atom is -0.0380 e. The molecule has 0 aliphatic rings. The molecule has 0 aromatic rings. The third-order valence-electron chi connectivity index (χ3n) is 2.44. The van der Waals surface area contributed by atoms with E-state index in [2.05, 4.69) is 41.5 Å². The van der Waals surface area contributed by atoms with Crippen LogP contribution in [0.15, 0.2) is 0 Å². The summed E-state index contributed by atoms with van der Waals surface area (Å²) >= 11 is 0. The van der Waals surface area contributed by atoms with Crippen LogP contribution < -0.4 is 0 Å². The smallest absolute Gasteiger partial charge is 0.0380 e. The highest BCUT2D eigenvalue weighted by Crippen LogP contribution is 2.27. The van der Waals surface area contributed by atoms with Crippen molar-refractivity contribution < 1.29 is 0 Å². The van der Waals surface area contributed by atoms with E-state index in [-0.39, 0.29) is 0 Å². The van der Waals surface area contributed by atoms with Gasteiger partial charge in [0.05, 0.1) is 0 Å². The Labute approximate surface area is 85.1 Å². The van der Waals surface area contributed by atoms with Crippen molar-refractivity contribution in [2.45, 2.75) is 67.2 Å². The highest BCUT2D eigenvalue weighted by Gasteiger charge is 2.14. The molecule has 0 saturated heterocycles. The molecule has 0 rings (SSSR count). The van der Waals surface area contributed by atoms with Crippen molar-refractivity contribution in [2.75, 3.05) is 0 Å². The van der Waals surface area contributed by atoms with Gasteiger partial charge in [-0.2, -0.15) is 0 Å². The van der Waals surface area contributed by atoms with E-state index in [1.165, 1.54) is 25.7 Å². The minimum atomic E-state index is 0.511. The molecule has 1 unspecified atom stereocenters. The summed E-state index contributed by atoms with van der Waals surface area (Å²) in [7, 11) is 0. The molecule has 0 bridgehead atoms. The van der Waals surface area contributed by atoms with Crippen LogP contribution >= 0.6 is 0 Å². The molecule has 1 atom stereocenters. The van der Waals surface area contributed by atoms with Crippen LogP contribution in [0.3, 0.4) is 0 Å². The second-order valence-corrected chi connectivity index (χ2v) is 6.19. The SMILES string of the molecule is CC(C)CCCC(C)CC(C)(C)C. The third kappa shape index (κ3) is 9.92. The molecule has 0 N–H and O–H groups in total. The van der Waals surface area contributed by atoms with Gasteiger partial charge < -0.3 is 0 Å². The van der Waals surface area contributed by atoms with Crippen molar-refractivity contribution in [3.8, 4) is 0 Å². The molecule has 0 spiro atoms. The van der Waals surface area contributed by atoms with Crippen LogP contribution in [0.2, 0.25) is 0 Å². The molecule has 0 aromatic heterocycles. The zero-order chi connectivity index (χ0) is 10.5. The molecule has 0 fully saturated rings. The lowest BCUT2D eigenvalue weighted by atomic mass is 9.83. The Bertz CT molecular complexity index is 116. The first-order valence-electron chi connectivity index (χ1n) is 5.81. The largest absolute Gasteiger partial charge is 0.0628 e. The average molecular weight is 184 g/mol. The molecule has 0 radical (unpaired) electrons. The van der Waals surface area contributed by atoms with Gasteiger partial charge in [0.15, 0.2) is 0 Å². The molecule has 13 heavy (non-hydrogen) atoms. The maximum atomic E-state index is 2.39.